The van der Waals surface area contributed by atoms with Gasteiger partial charge in [-0.1, -0.05) is 134 Å². The standard InChI is InChI=1S/C31H58NO.ClH/c1-5-6-7-8-9-10-11-12-13-14-15-16-17-18-19-20-21-24-27-32(3,4)28-30-25-22-23-26-31(30)29(2)33;/h22-23,25-26,29,33H,5-21,24,27-28H2,1-4H3;1H/q+1;/p-1. The summed E-state index contributed by atoms with van der Waals surface area (Å²) >= 11 is 0. The first kappa shape index (κ1) is 33.4. The van der Waals surface area contributed by atoms with Crippen LogP contribution < -0.4 is 12.4 Å². The lowest BCUT2D eigenvalue weighted by molar-refractivity contribution is -0.903. The fourth-order valence-electron chi connectivity index (χ4n) is 5.07. The molecule has 200 valence electrons. The van der Waals surface area contributed by atoms with Gasteiger partial charge in [0.25, 0.3) is 0 Å². The van der Waals surface area contributed by atoms with E-state index in [1.54, 1.807) is 0 Å². The maximum absolute atomic E-state index is 10.0. The van der Waals surface area contributed by atoms with Crippen molar-refractivity contribution in [3.63, 3.8) is 0 Å². The molecule has 0 saturated heterocycles. The van der Waals surface area contributed by atoms with Gasteiger partial charge >= 0.3 is 0 Å². The Morgan fingerprint density at radius 1 is 0.647 bits per heavy atom. The van der Waals surface area contributed by atoms with Gasteiger partial charge in [-0.3, -0.25) is 0 Å². The number of aliphatic hydroxyl groups excluding tert-OH is 1. The smallest absolute Gasteiger partial charge is 0.104 e. The van der Waals surface area contributed by atoms with Gasteiger partial charge in [-0.05, 0) is 25.3 Å². The fraction of sp³-hybridized carbons (Fsp3) is 0.806. The van der Waals surface area contributed by atoms with Crippen LogP contribution in [0.5, 0.6) is 0 Å². The summed E-state index contributed by atoms with van der Waals surface area (Å²) in [5.74, 6) is 0. The highest BCUT2D eigenvalue weighted by molar-refractivity contribution is 5.28. The van der Waals surface area contributed by atoms with E-state index < -0.39 is 0 Å². The van der Waals surface area contributed by atoms with E-state index in [-0.39, 0.29) is 18.5 Å². The molecule has 0 heterocycles. The van der Waals surface area contributed by atoms with Crippen molar-refractivity contribution in [1.29, 1.82) is 0 Å². The zero-order valence-electron chi connectivity index (χ0n) is 23.3. The third-order valence-corrected chi connectivity index (χ3v) is 7.22. The molecule has 0 saturated carbocycles. The molecule has 0 aliphatic rings. The Bertz CT molecular complexity index is 572. The van der Waals surface area contributed by atoms with Gasteiger partial charge in [0.2, 0.25) is 0 Å². The van der Waals surface area contributed by atoms with Crippen LogP contribution in [0.4, 0.5) is 0 Å². The number of quaternary nitrogens is 1. The molecule has 1 rings (SSSR count). The van der Waals surface area contributed by atoms with E-state index in [0.717, 1.165) is 16.6 Å². The van der Waals surface area contributed by atoms with Crippen LogP contribution in [-0.2, 0) is 6.54 Å². The zero-order valence-corrected chi connectivity index (χ0v) is 24.1. The normalized spacial score (nSPS) is 12.5. The van der Waals surface area contributed by atoms with Crippen molar-refractivity contribution < 1.29 is 22.0 Å². The van der Waals surface area contributed by atoms with E-state index in [4.69, 9.17) is 0 Å². The van der Waals surface area contributed by atoms with E-state index >= 15 is 0 Å². The summed E-state index contributed by atoms with van der Waals surface area (Å²) in [6.45, 7) is 6.38. The van der Waals surface area contributed by atoms with Gasteiger partial charge < -0.3 is 22.0 Å². The van der Waals surface area contributed by atoms with Crippen LogP contribution in [0.2, 0.25) is 0 Å². The summed E-state index contributed by atoms with van der Waals surface area (Å²) in [5, 5.41) is 10.0. The minimum atomic E-state index is -0.383. The summed E-state index contributed by atoms with van der Waals surface area (Å²) in [6, 6.07) is 8.37. The molecular formula is C31H58ClNO. The Kier molecular flexibility index (Phi) is 21.3. The van der Waals surface area contributed by atoms with Crippen molar-refractivity contribution in [1.82, 2.24) is 0 Å². The molecule has 0 bridgehead atoms. The van der Waals surface area contributed by atoms with Crippen LogP contribution in [0.1, 0.15) is 147 Å². The first-order valence-electron chi connectivity index (χ1n) is 14.5. The van der Waals surface area contributed by atoms with E-state index in [0.29, 0.717) is 0 Å². The number of rotatable bonds is 22. The monoisotopic (exact) mass is 495 g/mol. The maximum Gasteiger partial charge on any atom is 0.104 e. The van der Waals surface area contributed by atoms with E-state index in [1.807, 2.05) is 13.0 Å². The summed E-state index contributed by atoms with van der Waals surface area (Å²) in [4.78, 5) is 0. The van der Waals surface area contributed by atoms with Crippen LogP contribution in [-0.4, -0.2) is 30.2 Å². The molecule has 2 nitrogen and oxygen atoms in total. The van der Waals surface area contributed by atoms with Crippen molar-refractivity contribution in [2.75, 3.05) is 20.6 Å². The first-order valence-corrected chi connectivity index (χ1v) is 14.5. The van der Waals surface area contributed by atoms with Crippen LogP contribution in [0.25, 0.3) is 0 Å². The Balaban J connectivity index is 0.0000109. The highest BCUT2D eigenvalue weighted by atomic mass is 35.5. The average Bonchev–Trinajstić information content (AvgIpc) is 2.78. The van der Waals surface area contributed by atoms with Crippen molar-refractivity contribution in [2.45, 2.75) is 142 Å². The molecule has 1 aromatic carbocycles. The fourth-order valence-corrected chi connectivity index (χ4v) is 5.07. The van der Waals surface area contributed by atoms with Crippen LogP contribution in [0, 0.1) is 0 Å². The highest BCUT2D eigenvalue weighted by Crippen LogP contribution is 2.21. The molecule has 0 spiro atoms. The van der Waals surface area contributed by atoms with Gasteiger partial charge in [0.05, 0.1) is 26.7 Å². The van der Waals surface area contributed by atoms with Crippen LogP contribution >= 0.6 is 0 Å². The van der Waals surface area contributed by atoms with Gasteiger partial charge in [-0.15, -0.1) is 0 Å². The Morgan fingerprint density at radius 2 is 1.03 bits per heavy atom. The summed E-state index contributed by atoms with van der Waals surface area (Å²) in [5.41, 5.74) is 2.38. The number of unbranched alkanes of at least 4 members (excludes halogenated alkanes) is 17. The molecule has 3 heteroatoms. The third-order valence-electron chi connectivity index (χ3n) is 7.22. The lowest BCUT2D eigenvalue weighted by atomic mass is 10.0. The quantitative estimate of drug-likeness (QED) is 0.146. The third kappa shape index (κ3) is 17.8. The number of hydrogen-bond acceptors (Lipinski definition) is 1. The molecule has 0 aromatic heterocycles. The molecule has 0 amide bonds. The zero-order chi connectivity index (χ0) is 24.2. The minimum Gasteiger partial charge on any atom is -1.00 e. The van der Waals surface area contributed by atoms with Crippen molar-refractivity contribution in [3.05, 3.63) is 35.4 Å². The van der Waals surface area contributed by atoms with E-state index in [9.17, 15) is 5.11 Å². The maximum atomic E-state index is 10.0. The molecule has 0 aliphatic heterocycles. The number of nitrogens with zero attached hydrogens (tertiary/aromatic N) is 1. The molecule has 1 atom stereocenters. The summed E-state index contributed by atoms with van der Waals surface area (Å²) in [6.07, 6.45) is 25.4. The average molecular weight is 496 g/mol. The predicted molar refractivity (Wildman–Crippen MR) is 147 cm³/mol. The van der Waals surface area contributed by atoms with Crippen LogP contribution in [0.15, 0.2) is 24.3 Å². The van der Waals surface area contributed by atoms with Gasteiger partial charge in [0.1, 0.15) is 6.54 Å². The molecule has 34 heavy (non-hydrogen) atoms. The Hall–Kier alpha value is -0.570. The molecule has 0 fully saturated rings. The second kappa shape index (κ2) is 21.7. The number of halogens is 1. The van der Waals surface area contributed by atoms with Gasteiger partial charge in [0, 0.05) is 5.56 Å². The highest BCUT2D eigenvalue weighted by Gasteiger charge is 2.18. The van der Waals surface area contributed by atoms with Gasteiger partial charge in [-0.2, -0.15) is 0 Å². The number of hydrogen-bond donors (Lipinski definition) is 1. The Morgan fingerprint density at radius 3 is 1.44 bits per heavy atom. The lowest BCUT2D eigenvalue weighted by Crippen LogP contribution is -3.00. The topological polar surface area (TPSA) is 20.2 Å². The molecule has 1 N–H and O–H groups in total. The second-order valence-electron chi connectivity index (χ2n) is 11.2. The molecule has 0 radical (unpaired) electrons. The van der Waals surface area contributed by atoms with E-state index in [1.165, 1.54) is 128 Å². The van der Waals surface area contributed by atoms with Crippen molar-refractivity contribution in [2.24, 2.45) is 0 Å². The molecule has 0 aliphatic carbocycles. The molecule has 1 aromatic rings. The van der Waals surface area contributed by atoms with Crippen molar-refractivity contribution in [3.8, 4) is 0 Å². The SMILES string of the molecule is CCCCCCCCCCCCCCCCCCCC[N+](C)(C)Cc1ccccc1C(C)O.[Cl-]. The largest absolute Gasteiger partial charge is 1.00 e. The number of benzene rings is 1. The first-order chi connectivity index (χ1) is 16.0. The van der Waals surface area contributed by atoms with Gasteiger partial charge in [0.15, 0.2) is 0 Å². The van der Waals surface area contributed by atoms with Crippen LogP contribution in [0.3, 0.4) is 0 Å². The lowest BCUT2D eigenvalue weighted by Gasteiger charge is -2.31. The predicted octanol–water partition coefficient (Wildman–Crippen LogP) is 6.36. The number of aliphatic hydroxyl groups is 1. The van der Waals surface area contributed by atoms with E-state index in [2.05, 4.69) is 39.2 Å². The minimum absolute atomic E-state index is 0. The summed E-state index contributed by atoms with van der Waals surface area (Å²) in [7, 11) is 4.65. The van der Waals surface area contributed by atoms with Gasteiger partial charge in [-0.25, -0.2) is 0 Å². The molecular weight excluding hydrogens is 438 g/mol. The second-order valence-corrected chi connectivity index (χ2v) is 11.2. The Labute approximate surface area is 219 Å². The molecule has 1 unspecified atom stereocenters. The van der Waals surface area contributed by atoms with Crippen molar-refractivity contribution >= 4 is 0 Å². The summed E-state index contributed by atoms with van der Waals surface area (Å²) < 4.78 is 1.00.